The number of piperazine rings is 1. The van der Waals surface area contributed by atoms with E-state index < -0.39 is 5.76 Å². The van der Waals surface area contributed by atoms with Crippen molar-refractivity contribution in [2.24, 2.45) is 0 Å². The van der Waals surface area contributed by atoms with E-state index in [4.69, 9.17) is 4.42 Å². The van der Waals surface area contributed by atoms with Crippen molar-refractivity contribution in [1.29, 1.82) is 0 Å². The SMILES string of the molecule is Cc1cccc(CC(=O)N2CCN(c3ccc4oc(=O)[nH]c4c3)CC2)c1. The summed E-state index contributed by atoms with van der Waals surface area (Å²) in [7, 11) is 0. The highest BCUT2D eigenvalue weighted by Crippen LogP contribution is 2.21. The van der Waals surface area contributed by atoms with Gasteiger partial charge in [0.2, 0.25) is 5.91 Å². The molecule has 0 spiro atoms. The van der Waals surface area contributed by atoms with Gasteiger partial charge in [-0.15, -0.1) is 0 Å². The number of fused-ring (bicyclic) bond motifs is 1. The molecule has 26 heavy (non-hydrogen) atoms. The van der Waals surface area contributed by atoms with Crippen LogP contribution in [0.3, 0.4) is 0 Å². The van der Waals surface area contributed by atoms with Crippen molar-refractivity contribution in [2.75, 3.05) is 31.1 Å². The standard InChI is InChI=1S/C20H21N3O3/c1-14-3-2-4-15(11-14)12-19(24)23-9-7-22(8-10-23)16-5-6-18-17(13-16)21-20(25)26-18/h2-6,11,13H,7-10,12H2,1H3,(H,21,25). The summed E-state index contributed by atoms with van der Waals surface area (Å²) in [4.78, 5) is 30.7. The molecule has 1 aromatic heterocycles. The third kappa shape index (κ3) is 3.35. The smallest absolute Gasteiger partial charge is 0.408 e. The van der Waals surface area contributed by atoms with Gasteiger partial charge >= 0.3 is 5.76 Å². The van der Waals surface area contributed by atoms with E-state index in [1.165, 1.54) is 5.56 Å². The number of H-pyrrole nitrogens is 1. The lowest BCUT2D eigenvalue weighted by Gasteiger charge is -2.36. The number of anilines is 1. The summed E-state index contributed by atoms with van der Waals surface area (Å²) in [5.41, 5.74) is 4.52. The summed E-state index contributed by atoms with van der Waals surface area (Å²) < 4.78 is 5.04. The Kier molecular flexibility index (Phi) is 4.24. The summed E-state index contributed by atoms with van der Waals surface area (Å²) in [6.07, 6.45) is 0.448. The molecule has 1 N–H and O–H groups in total. The summed E-state index contributed by atoms with van der Waals surface area (Å²) in [6, 6.07) is 13.8. The van der Waals surface area contributed by atoms with Gasteiger partial charge in [0.25, 0.3) is 0 Å². The first-order chi connectivity index (χ1) is 12.6. The molecule has 0 unspecified atom stereocenters. The molecular weight excluding hydrogens is 330 g/mol. The third-order valence-electron chi connectivity index (χ3n) is 4.84. The first-order valence-electron chi connectivity index (χ1n) is 8.80. The number of nitrogens with one attached hydrogen (secondary N) is 1. The molecular formula is C20H21N3O3. The quantitative estimate of drug-likeness (QED) is 0.786. The van der Waals surface area contributed by atoms with E-state index in [2.05, 4.69) is 16.0 Å². The van der Waals surface area contributed by atoms with Gasteiger partial charge in [0.15, 0.2) is 5.58 Å². The zero-order valence-corrected chi connectivity index (χ0v) is 14.7. The van der Waals surface area contributed by atoms with Gasteiger partial charge in [-0.3, -0.25) is 9.78 Å². The Morgan fingerprint density at radius 1 is 1.12 bits per heavy atom. The zero-order valence-electron chi connectivity index (χ0n) is 14.7. The number of benzene rings is 2. The molecule has 1 saturated heterocycles. The Morgan fingerprint density at radius 3 is 2.69 bits per heavy atom. The first kappa shape index (κ1) is 16.4. The fourth-order valence-corrected chi connectivity index (χ4v) is 3.46. The van der Waals surface area contributed by atoms with Crippen molar-refractivity contribution in [3.63, 3.8) is 0 Å². The van der Waals surface area contributed by atoms with Gasteiger partial charge in [-0.1, -0.05) is 29.8 Å². The average molecular weight is 351 g/mol. The van der Waals surface area contributed by atoms with Crippen LogP contribution < -0.4 is 10.7 Å². The van der Waals surface area contributed by atoms with Crippen LogP contribution in [0, 0.1) is 6.92 Å². The maximum Gasteiger partial charge on any atom is 0.417 e. The van der Waals surface area contributed by atoms with E-state index in [1.807, 2.05) is 42.2 Å². The van der Waals surface area contributed by atoms with Gasteiger partial charge < -0.3 is 14.2 Å². The number of carbonyl (C=O) groups excluding carboxylic acids is 1. The van der Waals surface area contributed by atoms with Crippen molar-refractivity contribution in [2.45, 2.75) is 13.3 Å². The maximum atomic E-state index is 12.6. The minimum atomic E-state index is -0.441. The fraction of sp³-hybridized carbons (Fsp3) is 0.300. The van der Waals surface area contributed by atoms with Crippen LogP contribution >= 0.6 is 0 Å². The van der Waals surface area contributed by atoms with Crippen molar-refractivity contribution in [1.82, 2.24) is 9.88 Å². The van der Waals surface area contributed by atoms with Crippen LogP contribution in [-0.4, -0.2) is 42.0 Å². The molecule has 0 atom stereocenters. The molecule has 0 saturated carbocycles. The molecule has 3 aromatic rings. The van der Waals surface area contributed by atoms with Crippen LogP contribution in [0.5, 0.6) is 0 Å². The van der Waals surface area contributed by atoms with E-state index in [-0.39, 0.29) is 5.91 Å². The van der Waals surface area contributed by atoms with Crippen LogP contribution in [0.25, 0.3) is 11.1 Å². The molecule has 4 rings (SSSR count). The van der Waals surface area contributed by atoms with Crippen molar-refractivity contribution >= 4 is 22.7 Å². The molecule has 6 nitrogen and oxygen atoms in total. The molecule has 0 bridgehead atoms. The maximum absolute atomic E-state index is 12.6. The lowest BCUT2D eigenvalue weighted by Crippen LogP contribution is -2.49. The number of carbonyl (C=O) groups is 1. The summed E-state index contributed by atoms with van der Waals surface area (Å²) in [6.45, 7) is 4.98. The molecule has 1 fully saturated rings. The summed E-state index contributed by atoms with van der Waals surface area (Å²) >= 11 is 0. The van der Waals surface area contributed by atoms with Crippen molar-refractivity contribution < 1.29 is 9.21 Å². The van der Waals surface area contributed by atoms with Crippen LogP contribution in [0.2, 0.25) is 0 Å². The number of hydrogen-bond donors (Lipinski definition) is 1. The number of hydrogen-bond acceptors (Lipinski definition) is 4. The van der Waals surface area contributed by atoms with Gasteiger partial charge in [0, 0.05) is 31.9 Å². The highest BCUT2D eigenvalue weighted by Gasteiger charge is 2.21. The number of rotatable bonds is 3. The number of nitrogens with zero attached hydrogens (tertiary/aromatic N) is 2. The van der Waals surface area contributed by atoms with E-state index in [0.717, 1.165) is 24.3 Å². The van der Waals surface area contributed by atoms with Crippen molar-refractivity contribution in [3.8, 4) is 0 Å². The van der Waals surface area contributed by atoms with E-state index in [1.54, 1.807) is 6.07 Å². The predicted molar refractivity (Wildman–Crippen MR) is 101 cm³/mol. The molecule has 0 radical (unpaired) electrons. The van der Waals surface area contributed by atoms with E-state index >= 15 is 0 Å². The molecule has 1 aliphatic rings. The molecule has 1 aliphatic heterocycles. The fourth-order valence-electron chi connectivity index (χ4n) is 3.46. The van der Waals surface area contributed by atoms with E-state index in [9.17, 15) is 9.59 Å². The Balaban J connectivity index is 1.39. The van der Waals surface area contributed by atoms with Gasteiger partial charge in [-0.05, 0) is 30.7 Å². The monoisotopic (exact) mass is 351 g/mol. The minimum absolute atomic E-state index is 0.171. The molecule has 134 valence electrons. The lowest BCUT2D eigenvalue weighted by molar-refractivity contribution is -0.130. The number of amides is 1. The summed E-state index contributed by atoms with van der Waals surface area (Å²) in [5, 5.41) is 0. The molecule has 1 amide bonds. The number of aryl methyl sites for hydroxylation is 1. The number of oxazole rings is 1. The van der Waals surface area contributed by atoms with Crippen LogP contribution in [0.1, 0.15) is 11.1 Å². The second-order valence-corrected chi connectivity index (χ2v) is 6.73. The second-order valence-electron chi connectivity index (χ2n) is 6.73. The lowest BCUT2D eigenvalue weighted by atomic mass is 10.1. The van der Waals surface area contributed by atoms with Gasteiger partial charge in [0.05, 0.1) is 11.9 Å². The minimum Gasteiger partial charge on any atom is -0.408 e. The Hall–Kier alpha value is -3.02. The second kappa shape index (κ2) is 6.71. The molecule has 2 aromatic carbocycles. The van der Waals surface area contributed by atoms with Crippen LogP contribution in [0.4, 0.5) is 5.69 Å². The van der Waals surface area contributed by atoms with Gasteiger partial charge in [-0.25, -0.2) is 4.79 Å². The summed E-state index contributed by atoms with van der Waals surface area (Å²) in [5.74, 6) is -0.270. The first-order valence-corrected chi connectivity index (χ1v) is 8.80. The van der Waals surface area contributed by atoms with Gasteiger partial charge in [0.1, 0.15) is 0 Å². The van der Waals surface area contributed by atoms with Gasteiger partial charge in [-0.2, -0.15) is 0 Å². The predicted octanol–water partition coefficient (Wildman–Crippen LogP) is 2.32. The molecule has 6 heteroatoms. The highest BCUT2D eigenvalue weighted by molar-refractivity contribution is 5.80. The molecule has 2 heterocycles. The Morgan fingerprint density at radius 2 is 1.92 bits per heavy atom. The normalized spacial score (nSPS) is 14.8. The van der Waals surface area contributed by atoms with E-state index in [0.29, 0.717) is 30.6 Å². The zero-order chi connectivity index (χ0) is 18.1. The highest BCUT2D eigenvalue weighted by atomic mass is 16.4. The third-order valence-corrected chi connectivity index (χ3v) is 4.84. The average Bonchev–Trinajstić information content (AvgIpc) is 3.01. The van der Waals surface area contributed by atoms with Crippen LogP contribution in [0.15, 0.2) is 51.7 Å². The Bertz CT molecular complexity index is 997. The largest absolute Gasteiger partial charge is 0.417 e. The topological polar surface area (TPSA) is 69.6 Å². The molecule has 0 aliphatic carbocycles. The van der Waals surface area contributed by atoms with Crippen molar-refractivity contribution in [3.05, 3.63) is 64.1 Å². The number of aromatic amines is 1. The number of aromatic nitrogens is 1. The Labute approximate surface area is 151 Å². The van der Waals surface area contributed by atoms with Crippen LogP contribution in [-0.2, 0) is 11.2 Å².